The van der Waals surface area contributed by atoms with Crippen LogP contribution in [0, 0.1) is 13.8 Å². The van der Waals surface area contributed by atoms with Gasteiger partial charge in [-0.05, 0) is 86.1 Å². The third-order valence-electron chi connectivity index (χ3n) is 11.4. The van der Waals surface area contributed by atoms with E-state index in [0.29, 0.717) is 5.82 Å². The average molecular weight is 743 g/mol. The highest BCUT2D eigenvalue weighted by Gasteiger charge is 2.20. The second-order valence-electron chi connectivity index (χ2n) is 15.2. The number of hydrogen-bond donors (Lipinski definition) is 0. The second-order valence-corrected chi connectivity index (χ2v) is 15.2. The molecule has 4 nitrogen and oxygen atoms in total. The SMILES string of the molecule is Cc1ccc2c(c1)c1cc(C)ccc1n2-c1ccc(-c2cc(-c3ccccc3)nc(-c3ccccc3)n2)cc1-c1cccc(-n2c3ccccc3c3ccccc32)c1. The number of fused-ring (bicyclic) bond motifs is 6. The molecule has 274 valence electrons. The minimum Gasteiger partial charge on any atom is -0.309 e. The van der Waals surface area contributed by atoms with E-state index in [1.54, 1.807) is 0 Å². The zero-order valence-corrected chi connectivity index (χ0v) is 32.3. The monoisotopic (exact) mass is 742 g/mol. The summed E-state index contributed by atoms with van der Waals surface area (Å²) in [6.07, 6.45) is 0. The maximum Gasteiger partial charge on any atom is 0.160 e. The molecule has 3 heterocycles. The van der Waals surface area contributed by atoms with E-state index < -0.39 is 0 Å². The van der Waals surface area contributed by atoms with E-state index in [1.807, 2.05) is 24.3 Å². The van der Waals surface area contributed by atoms with Gasteiger partial charge in [-0.25, -0.2) is 9.97 Å². The molecule has 0 saturated heterocycles. The molecule has 0 aliphatic carbocycles. The molecule has 0 saturated carbocycles. The van der Waals surface area contributed by atoms with Crippen molar-refractivity contribution in [2.75, 3.05) is 0 Å². The Morgan fingerprint density at radius 1 is 0.345 bits per heavy atom. The van der Waals surface area contributed by atoms with Crippen molar-refractivity contribution in [3.05, 3.63) is 205 Å². The highest BCUT2D eigenvalue weighted by Crippen LogP contribution is 2.41. The topological polar surface area (TPSA) is 35.6 Å². The van der Waals surface area contributed by atoms with Crippen molar-refractivity contribution in [3.8, 4) is 56.4 Å². The van der Waals surface area contributed by atoms with Gasteiger partial charge in [0, 0.05) is 49.5 Å². The largest absolute Gasteiger partial charge is 0.309 e. The minimum atomic E-state index is 0.698. The van der Waals surface area contributed by atoms with Crippen LogP contribution >= 0.6 is 0 Å². The van der Waals surface area contributed by atoms with Gasteiger partial charge < -0.3 is 9.13 Å². The first-order chi connectivity index (χ1) is 28.6. The molecule has 11 aromatic rings. The third kappa shape index (κ3) is 5.61. The van der Waals surface area contributed by atoms with Crippen molar-refractivity contribution < 1.29 is 0 Å². The van der Waals surface area contributed by atoms with E-state index in [0.717, 1.165) is 50.6 Å². The summed E-state index contributed by atoms with van der Waals surface area (Å²) in [4.78, 5) is 10.3. The van der Waals surface area contributed by atoms with Crippen LogP contribution in [0.15, 0.2) is 194 Å². The maximum atomic E-state index is 5.25. The number of aryl methyl sites for hydroxylation is 2. The number of rotatable bonds is 6. The van der Waals surface area contributed by atoms with Crippen LogP contribution in [0.5, 0.6) is 0 Å². The standard InChI is InChI=1S/C54H38N4/c1-35-24-27-52-45(30-35)46-31-36(2)25-28-53(46)58(52)51-29-26-40(48-34-47(37-14-5-3-6-15-37)55-54(56-48)38-16-7-4-8-17-38)33-44(51)39-18-13-19-41(32-39)57-49-22-11-9-20-42(49)43-21-10-12-23-50(43)57/h3-34H,1-2H3. The van der Waals surface area contributed by atoms with Crippen molar-refractivity contribution in [2.45, 2.75) is 13.8 Å². The minimum absolute atomic E-state index is 0.698. The van der Waals surface area contributed by atoms with Crippen molar-refractivity contribution in [3.63, 3.8) is 0 Å². The fourth-order valence-electron chi connectivity index (χ4n) is 8.71. The van der Waals surface area contributed by atoms with E-state index in [9.17, 15) is 0 Å². The van der Waals surface area contributed by atoms with Crippen LogP contribution in [0.3, 0.4) is 0 Å². The highest BCUT2D eigenvalue weighted by molar-refractivity contribution is 6.11. The Bertz CT molecular complexity index is 3180. The van der Waals surface area contributed by atoms with Gasteiger partial charge in [0.2, 0.25) is 0 Å². The van der Waals surface area contributed by atoms with Gasteiger partial charge in [0.15, 0.2) is 5.82 Å². The van der Waals surface area contributed by atoms with Crippen molar-refractivity contribution in [1.82, 2.24) is 19.1 Å². The summed E-state index contributed by atoms with van der Waals surface area (Å²) in [6.45, 7) is 4.35. The molecule has 4 heteroatoms. The van der Waals surface area contributed by atoms with Crippen LogP contribution < -0.4 is 0 Å². The molecule has 0 fully saturated rings. The quantitative estimate of drug-likeness (QED) is 0.170. The molecule has 58 heavy (non-hydrogen) atoms. The fraction of sp³-hybridized carbons (Fsp3) is 0.0370. The molecular weight excluding hydrogens is 705 g/mol. The highest BCUT2D eigenvalue weighted by atomic mass is 15.0. The van der Waals surface area contributed by atoms with E-state index in [-0.39, 0.29) is 0 Å². The molecule has 0 bridgehead atoms. The van der Waals surface area contributed by atoms with Gasteiger partial charge in [-0.15, -0.1) is 0 Å². The van der Waals surface area contributed by atoms with Gasteiger partial charge >= 0.3 is 0 Å². The van der Waals surface area contributed by atoms with E-state index in [1.165, 1.54) is 54.7 Å². The molecule has 11 rings (SSSR count). The Morgan fingerprint density at radius 2 is 0.879 bits per heavy atom. The summed E-state index contributed by atoms with van der Waals surface area (Å²) in [5.74, 6) is 0.698. The first-order valence-electron chi connectivity index (χ1n) is 19.8. The maximum absolute atomic E-state index is 5.25. The number of nitrogens with zero attached hydrogens (tertiary/aromatic N) is 4. The Kier molecular flexibility index (Phi) is 7.90. The predicted molar refractivity (Wildman–Crippen MR) is 242 cm³/mol. The number of para-hydroxylation sites is 2. The normalized spacial score (nSPS) is 11.6. The second kappa shape index (κ2) is 13.6. The Balaban J connectivity index is 1.19. The van der Waals surface area contributed by atoms with Crippen LogP contribution in [-0.4, -0.2) is 19.1 Å². The molecule has 0 aliphatic rings. The Hall–Kier alpha value is -7.56. The molecule has 8 aromatic carbocycles. The van der Waals surface area contributed by atoms with Crippen LogP contribution in [-0.2, 0) is 0 Å². The summed E-state index contributed by atoms with van der Waals surface area (Å²) in [6, 6.07) is 69.6. The zero-order chi connectivity index (χ0) is 38.7. The molecular formula is C54H38N4. The fourth-order valence-corrected chi connectivity index (χ4v) is 8.71. The van der Waals surface area contributed by atoms with Crippen molar-refractivity contribution in [1.29, 1.82) is 0 Å². The molecule has 0 N–H and O–H groups in total. The van der Waals surface area contributed by atoms with Gasteiger partial charge in [0.05, 0.1) is 39.1 Å². The van der Waals surface area contributed by atoms with Crippen molar-refractivity contribution >= 4 is 43.6 Å². The lowest BCUT2D eigenvalue weighted by Gasteiger charge is -2.18. The molecule has 0 spiro atoms. The van der Waals surface area contributed by atoms with E-state index >= 15 is 0 Å². The van der Waals surface area contributed by atoms with Crippen LogP contribution in [0.1, 0.15) is 11.1 Å². The summed E-state index contributed by atoms with van der Waals surface area (Å²) in [5, 5.41) is 5.00. The van der Waals surface area contributed by atoms with Gasteiger partial charge in [-0.2, -0.15) is 0 Å². The first-order valence-corrected chi connectivity index (χ1v) is 19.8. The van der Waals surface area contributed by atoms with Gasteiger partial charge in [-0.1, -0.05) is 139 Å². The van der Waals surface area contributed by atoms with E-state index in [4.69, 9.17) is 9.97 Å². The first kappa shape index (κ1) is 33.8. The van der Waals surface area contributed by atoms with E-state index in [2.05, 4.69) is 193 Å². The molecule has 0 radical (unpaired) electrons. The number of benzene rings is 8. The molecule has 0 unspecified atom stereocenters. The third-order valence-corrected chi connectivity index (χ3v) is 11.4. The predicted octanol–water partition coefficient (Wildman–Crippen LogP) is 14.0. The lowest BCUT2D eigenvalue weighted by molar-refractivity contribution is 1.16. The average Bonchev–Trinajstić information content (AvgIpc) is 3.78. The Labute approximate surface area is 337 Å². The number of aromatic nitrogens is 4. The molecule has 0 aliphatic heterocycles. The van der Waals surface area contributed by atoms with Crippen LogP contribution in [0.2, 0.25) is 0 Å². The van der Waals surface area contributed by atoms with Crippen molar-refractivity contribution in [2.24, 2.45) is 0 Å². The molecule has 3 aromatic heterocycles. The van der Waals surface area contributed by atoms with Gasteiger partial charge in [0.1, 0.15) is 0 Å². The van der Waals surface area contributed by atoms with Crippen LogP contribution in [0.25, 0.3) is 100 Å². The number of hydrogen-bond acceptors (Lipinski definition) is 2. The molecule has 0 amide bonds. The smallest absolute Gasteiger partial charge is 0.160 e. The van der Waals surface area contributed by atoms with Gasteiger partial charge in [-0.3, -0.25) is 0 Å². The van der Waals surface area contributed by atoms with Crippen LogP contribution in [0.4, 0.5) is 0 Å². The van der Waals surface area contributed by atoms with Gasteiger partial charge in [0.25, 0.3) is 0 Å². The summed E-state index contributed by atoms with van der Waals surface area (Å²) in [5.41, 5.74) is 16.5. The zero-order valence-electron chi connectivity index (χ0n) is 32.3. The summed E-state index contributed by atoms with van der Waals surface area (Å²) in [7, 11) is 0. The summed E-state index contributed by atoms with van der Waals surface area (Å²) < 4.78 is 4.84. The molecule has 0 atom stereocenters. The lowest BCUT2D eigenvalue weighted by atomic mass is 9.97. The lowest BCUT2D eigenvalue weighted by Crippen LogP contribution is -2.00. The summed E-state index contributed by atoms with van der Waals surface area (Å²) >= 11 is 0. The Morgan fingerprint density at radius 3 is 1.52 bits per heavy atom.